The fourth-order valence-corrected chi connectivity index (χ4v) is 2.49. The maximum absolute atomic E-state index is 12.4. The second-order valence-electron chi connectivity index (χ2n) is 6.19. The number of likely N-dealkylation sites (tertiary alicyclic amines) is 1. The Morgan fingerprint density at radius 1 is 1.45 bits per heavy atom. The summed E-state index contributed by atoms with van der Waals surface area (Å²) in [6, 6.07) is 1.74. The summed E-state index contributed by atoms with van der Waals surface area (Å²) in [6.45, 7) is 6.33. The molecule has 2 N–H and O–H groups in total. The van der Waals surface area contributed by atoms with Crippen molar-refractivity contribution in [2.45, 2.75) is 51.7 Å². The predicted octanol–water partition coefficient (Wildman–Crippen LogP) is 3.13. The highest BCUT2D eigenvalue weighted by Crippen LogP contribution is 2.34. The molecule has 0 aliphatic carbocycles. The van der Waals surface area contributed by atoms with Crippen molar-refractivity contribution in [3.8, 4) is 0 Å². The number of rotatable bonds is 1. The van der Waals surface area contributed by atoms with E-state index in [4.69, 9.17) is 10.5 Å². The second kappa shape index (κ2) is 5.69. The Morgan fingerprint density at radius 3 is 2.85 bits per heavy atom. The lowest BCUT2D eigenvalue weighted by atomic mass is 9.96. The fraction of sp³-hybridized carbons (Fsp3) is 0.600. The minimum atomic E-state index is -0.487. The number of carbonyl (C=O) groups is 1. The number of nitrogens with zero attached hydrogens (tertiary/aromatic N) is 2. The fourth-order valence-electron chi connectivity index (χ4n) is 2.49. The summed E-state index contributed by atoms with van der Waals surface area (Å²) < 4.78 is 5.49. The summed E-state index contributed by atoms with van der Waals surface area (Å²) >= 11 is 0. The van der Waals surface area contributed by atoms with Crippen molar-refractivity contribution in [3.05, 3.63) is 24.0 Å². The molecule has 1 amide bonds. The van der Waals surface area contributed by atoms with E-state index in [1.807, 2.05) is 20.8 Å². The second-order valence-corrected chi connectivity index (χ2v) is 6.19. The van der Waals surface area contributed by atoms with Gasteiger partial charge in [-0.3, -0.25) is 4.98 Å². The Hall–Kier alpha value is -1.78. The Kier molecular flexibility index (Phi) is 4.16. The van der Waals surface area contributed by atoms with E-state index in [2.05, 4.69) is 4.98 Å². The van der Waals surface area contributed by atoms with Crippen molar-refractivity contribution >= 4 is 11.8 Å². The van der Waals surface area contributed by atoms with Crippen molar-refractivity contribution in [3.63, 3.8) is 0 Å². The minimum absolute atomic E-state index is 0.0349. The quantitative estimate of drug-likeness (QED) is 0.856. The molecule has 0 aromatic carbocycles. The molecule has 0 radical (unpaired) electrons. The van der Waals surface area contributed by atoms with Gasteiger partial charge in [-0.05, 0) is 46.1 Å². The molecule has 1 atom stereocenters. The van der Waals surface area contributed by atoms with Crippen molar-refractivity contribution in [2.75, 3.05) is 12.3 Å². The average Bonchev–Trinajstić information content (AvgIpc) is 2.37. The van der Waals surface area contributed by atoms with Gasteiger partial charge in [-0.15, -0.1) is 0 Å². The third-order valence-electron chi connectivity index (χ3n) is 3.38. The van der Waals surface area contributed by atoms with Crippen LogP contribution >= 0.6 is 0 Å². The Labute approximate surface area is 120 Å². The minimum Gasteiger partial charge on any atom is -0.444 e. The maximum Gasteiger partial charge on any atom is 0.410 e. The Morgan fingerprint density at radius 2 is 2.20 bits per heavy atom. The summed E-state index contributed by atoms with van der Waals surface area (Å²) in [6.07, 6.45) is 6.12. The van der Waals surface area contributed by atoms with Crippen LogP contribution in [0.15, 0.2) is 18.5 Å². The van der Waals surface area contributed by atoms with E-state index in [1.165, 1.54) is 0 Å². The smallest absolute Gasteiger partial charge is 0.410 e. The molecule has 2 heterocycles. The lowest BCUT2D eigenvalue weighted by Gasteiger charge is -2.37. The molecule has 1 aliphatic rings. The number of piperidine rings is 1. The van der Waals surface area contributed by atoms with Crippen LogP contribution in [0.5, 0.6) is 0 Å². The average molecular weight is 277 g/mol. The van der Waals surface area contributed by atoms with E-state index in [0.29, 0.717) is 12.2 Å². The van der Waals surface area contributed by atoms with Crippen LogP contribution in [0, 0.1) is 0 Å². The molecule has 1 aromatic rings. The first-order valence-corrected chi connectivity index (χ1v) is 7.07. The normalized spacial score (nSPS) is 19.8. The van der Waals surface area contributed by atoms with Gasteiger partial charge in [0, 0.05) is 30.2 Å². The largest absolute Gasteiger partial charge is 0.444 e. The number of aromatic nitrogens is 1. The Bertz CT molecular complexity index is 482. The molecule has 1 aliphatic heterocycles. The molecule has 110 valence electrons. The van der Waals surface area contributed by atoms with Gasteiger partial charge in [0.25, 0.3) is 0 Å². The summed E-state index contributed by atoms with van der Waals surface area (Å²) in [5.41, 5.74) is 7.13. The topological polar surface area (TPSA) is 68.5 Å². The zero-order valence-corrected chi connectivity index (χ0v) is 12.4. The van der Waals surface area contributed by atoms with Crippen molar-refractivity contribution < 1.29 is 9.53 Å². The van der Waals surface area contributed by atoms with Crippen molar-refractivity contribution in [1.82, 2.24) is 9.88 Å². The van der Waals surface area contributed by atoms with E-state index in [9.17, 15) is 4.79 Å². The molecule has 1 aromatic heterocycles. The summed E-state index contributed by atoms with van der Waals surface area (Å²) in [5.74, 6) is 0. The predicted molar refractivity (Wildman–Crippen MR) is 78.2 cm³/mol. The number of pyridine rings is 1. The number of hydrogen-bond acceptors (Lipinski definition) is 4. The number of ether oxygens (including phenoxy) is 1. The summed E-state index contributed by atoms with van der Waals surface area (Å²) in [7, 11) is 0. The van der Waals surface area contributed by atoms with E-state index >= 15 is 0 Å². The van der Waals surface area contributed by atoms with E-state index in [-0.39, 0.29) is 12.1 Å². The first-order valence-electron chi connectivity index (χ1n) is 7.07. The van der Waals surface area contributed by atoms with Gasteiger partial charge in [0.2, 0.25) is 0 Å². The molecule has 1 fully saturated rings. The standard InChI is InChI=1S/C15H23N3O2/c1-15(2,3)20-14(19)18-9-5-4-6-13(18)11-10-17-8-7-12(11)16/h7-8,10,13H,4-6,9H2,1-3H3,(H2,16,17). The highest BCUT2D eigenvalue weighted by atomic mass is 16.6. The van der Waals surface area contributed by atoms with Gasteiger partial charge < -0.3 is 15.4 Å². The number of nitrogens with two attached hydrogens (primary N) is 1. The molecule has 1 saturated heterocycles. The molecule has 0 saturated carbocycles. The van der Waals surface area contributed by atoms with Crippen LogP contribution < -0.4 is 5.73 Å². The van der Waals surface area contributed by atoms with Gasteiger partial charge in [-0.2, -0.15) is 0 Å². The monoisotopic (exact) mass is 277 g/mol. The van der Waals surface area contributed by atoms with Gasteiger partial charge in [-0.1, -0.05) is 0 Å². The van der Waals surface area contributed by atoms with Crippen molar-refractivity contribution in [2.24, 2.45) is 0 Å². The number of nitrogen functional groups attached to an aromatic ring is 1. The highest BCUT2D eigenvalue weighted by molar-refractivity contribution is 5.69. The summed E-state index contributed by atoms with van der Waals surface area (Å²) in [4.78, 5) is 18.3. The maximum atomic E-state index is 12.4. The molecule has 1 unspecified atom stereocenters. The highest BCUT2D eigenvalue weighted by Gasteiger charge is 2.32. The summed E-state index contributed by atoms with van der Waals surface area (Å²) in [5, 5.41) is 0. The molecular weight excluding hydrogens is 254 g/mol. The van der Waals surface area contributed by atoms with Crippen molar-refractivity contribution in [1.29, 1.82) is 0 Å². The number of anilines is 1. The van der Waals surface area contributed by atoms with Crippen LogP contribution in [0.1, 0.15) is 51.6 Å². The molecular formula is C15H23N3O2. The number of carbonyl (C=O) groups excluding carboxylic acids is 1. The first kappa shape index (κ1) is 14.6. The zero-order valence-electron chi connectivity index (χ0n) is 12.4. The zero-order chi connectivity index (χ0) is 14.8. The molecule has 2 rings (SSSR count). The lowest BCUT2D eigenvalue weighted by molar-refractivity contribution is 0.00958. The number of hydrogen-bond donors (Lipinski definition) is 1. The van der Waals surface area contributed by atoms with E-state index < -0.39 is 5.60 Å². The molecule has 20 heavy (non-hydrogen) atoms. The molecule has 0 bridgehead atoms. The third-order valence-corrected chi connectivity index (χ3v) is 3.38. The molecule has 5 nitrogen and oxygen atoms in total. The van der Waals surface area contributed by atoms with Gasteiger partial charge in [0.05, 0.1) is 6.04 Å². The lowest BCUT2D eigenvalue weighted by Crippen LogP contribution is -2.42. The molecule has 5 heteroatoms. The van der Waals surface area contributed by atoms with Crippen LogP contribution in [-0.2, 0) is 4.74 Å². The third kappa shape index (κ3) is 3.40. The van der Waals surface area contributed by atoms with Crippen LogP contribution in [-0.4, -0.2) is 28.1 Å². The SMILES string of the molecule is CC(C)(C)OC(=O)N1CCCCC1c1cnccc1N. The van der Waals surface area contributed by atoms with Crippen LogP contribution in [0.25, 0.3) is 0 Å². The van der Waals surface area contributed by atoms with Gasteiger partial charge in [-0.25, -0.2) is 4.79 Å². The first-order chi connectivity index (χ1) is 9.38. The van der Waals surface area contributed by atoms with E-state index in [1.54, 1.807) is 23.4 Å². The Balaban J connectivity index is 2.22. The van der Waals surface area contributed by atoms with E-state index in [0.717, 1.165) is 24.8 Å². The van der Waals surface area contributed by atoms with Crippen LogP contribution in [0.3, 0.4) is 0 Å². The van der Waals surface area contributed by atoms with Gasteiger partial charge in [0.15, 0.2) is 0 Å². The number of amides is 1. The van der Waals surface area contributed by atoms with Crippen LogP contribution in [0.2, 0.25) is 0 Å². The van der Waals surface area contributed by atoms with Crippen LogP contribution in [0.4, 0.5) is 10.5 Å². The van der Waals surface area contributed by atoms with Gasteiger partial charge in [0.1, 0.15) is 5.60 Å². The van der Waals surface area contributed by atoms with Gasteiger partial charge >= 0.3 is 6.09 Å². The molecule has 0 spiro atoms.